The number of aromatic nitrogens is 1. The van der Waals surface area contributed by atoms with Crippen molar-refractivity contribution in [2.75, 3.05) is 59.6 Å². The zero-order chi connectivity index (χ0) is 21.2. The van der Waals surface area contributed by atoms with Crippen LogP contribution in [0, 0.1) is 6.92 Å². The first-order chi connectivity index (χ1) is 14.0. The maximum atomic E-state index is 12.7. The number of nitrogens with one attached hydrogen (secondary N) is 1. The average molecular weight is 406 g/mol. The number of ether oxygens (including phenoxy) is 2. The third kappa shape index (κ3) is 6.79. The first-order valence-corrected chi connectivity index (χ1v) is 9.88. The highest BCUT2D eigenvalue weighted by Gasteiger charge is 2.24. The summed E-state index contributed by atoms with van der Waals surface area (Å²) in [5.41, 5.74) is 1.14. The molecule has 1 fully saturated rings. The van der Waals surface area contributed by atoms with Crippen LogP contribution in [-0.4, -0.2) is 92.2 Å². The summed E-state index contributed by atoms with van der Waals surface area (Å²) < 4.78 is 9.94. The number of carbonyl (C=O) groups excluding carboxylic acids is 3. The Balaban J connectivity index is 1.83. The Hall–Kier alpha value is -2.52. The zero-order valence-corrected chi connectivity index (χ0v) is 17.4. The van der Waals surface area contributed by atoms with Crippen molar-refractivity contribution in [3.8, 4) is 0 Å². The largest absolute Gasteiger partial charge is 0.462 e. The molecule has 2 rings (SSSR count). The predicted octanol–water partition coefficient (Wildman–Crippen LogP) is 0.477. The molecule has 2 heterocycles. The summed E-state index contributed by atoms with van der Waals surface area (Å²) in [4.78, 5) is 44.6. The summed E-state index contributed by atoms with van der Waals surface area (Å²) in [6.45, 7) is 7.54. The molecule has 160 valence electrons. The second kappa shape index (κ2) is 11.5. The molecular formula is C20H30N4O5. The highest BCUT2D eigenvalue weighted by molar-refractivity contribution is 5.95. The molecule has 9 nitrogen and oxygen atoms in total. The van der Waals surface area contributed by atoms with Crippen LogP contribution in [0.5, 0.6) is 0 Å². The third-order valence-electron chi connectivity index (χ3n) is 4.67. The molecule has 0 atom stereocenters. The highest BCUT2D eigenvalue weighted by atomic mass is 16.5. The van der Waals surface area contributed by atoms with Crippen molar-refractivity contribution < 1.29 is 23.9 Å². The van der Waals surface area contributed by atoms with Crippen LogP contribution >= 0.6 is 0 Å². The van der Waals surface area contributed by atoms with Gasteiger partial charge in [-0.1, -0.05) is 0 Å². The molecular weight excluding hydrogens is 376 g/mol. The zero-order valence-electron chi connectivity index (χ0n) is 17.4. The summed E-state index contributed by atoms with van der Waals surface area (Å²) in [6, 6.07) is 3.14. The molecule has 9 heteroatoms. The van der Waals surface area contributed by atoms with E-state index < -0.39 is 5.97 Å². The van der Waals surface area contributed by atoms with Gasteiger partial charge in [-0.3, -0.25) is 14.5 Å². The summed E-state index contributed by atoms with van der Waals surface area (Å²) in [5.74, 6) is -0.634. The van der Waals surface area contributed by atoms with Gasteiger partial charge in [0.05, 0.1) is 24.4 Å². The Morgan fingerprint density at radius 1 is 1.17 bits per heavy atom. The van der Waals surface area contributed by atoms with Gasteiger partial charge in [0, 0.05) is 46.4 Å². The van der Waals surface area contributed by atoms with Gasteiger partial charge in [-0.15, -0.1) is 0 Å². The highest BCUT2D eigenvalue weighted by Crippen LogP contribution is 2.12. The number of esters is 1. The molecule has 0 bridgehead atoms. The van der Waals surface area contributed by atoms with E-state index in [2.05, 4.69) is 10.3 Å². The number of aryl methyl sites for hydroxylation is 1. The minimum atomic E-state index is -0.439. The van der Waals surface area contributed by atoms with Crippen LogP contribution in [0.15, 0.2) is 12.1 Å². The fourth-order valence-electron chi connectivity index (χ4n) is 3.08. The molecule has 0 spiro atoms. The second-order valence-corrected chi connectivity index (χ2v) is 6.81. The van der Waals surface area contributed by atoms with Crippen molar-refractivity contribution in [3.05, 3.63) is 29.1 Å². The van der Waals surface area contributed by atoms with Crippen LogP contribution in [0.3, 0.4) is 0 Å². The lowest BCUT2D eigenvalue weighted by molar-refractivity contribution is -0.122. The Morgan fingerprint density at radius 3 is 2.52 bits per heavy atom. The minimum absolute atomic E-state index is 0.0206. The SMILES string of the molecule is CCOC(=O)c1ccc(C(=O)N2CCN(CC(=O)NCCCOC)CC2)nc1C. The molecule has 0 radical (unpaired) electrons. The van der Waals surface area contributed by atoms with Crippen LogP contribution in [0.2, 0.25) is 0 Å². The predicted molar refractivity (Wildman–Crippen MR) is 107 cm³/mol. The Bertz CT molecular complexity index is 717. The number of pyridine rings is 1. The van der Waals surface area contributed by atoms with E-state index in [1.165, 1.54) is 0 Å². The van der Waals surface area contributed by atoms with E-state index in [0.29, 0.717) is 62.8 Å². The number of nitrogens with zero attached hydrogens (tertiary/aromatic N) is 3. The fourth-order valence-corrected chi connectivity index (χ4v) is 3.08. The van der Waals surface area contributed by atoms with Crippen LogP contribution in [0.4, 0.5) is 0 Å². The van der Waals surface area contributed by atoms with E-state index in [1.54, 1.807) is 38.0 Å². The molecule has 0 unspecified atom stereocenters. The standard InChI is InChI=1S/C20H30N4O5/c1-4-29-20(27)16-6-7-17(22-15(16)2)19(26)24-11-9-23(10-12-24)14-18(25)21-8-5-13-28-3/h6-7H,4-5,8-14H2,1-3H3,(H,21,25). The number of amides is 2. The van der Waals surface area contributed by atoms with Crippen molar-refractivity contribution in [1.82, 2.24) is 20.1 Å². The molecule has 1 aromatic rings. The van der Waals surface area contributed by atoms with Crippen LogP contribution < -0.4 is 5.32 Å². The van der Waals surface area contributed by atoms with Crippen molar-refractivity contribution in [3.63, 3.8) is 0 Å². The normalized spacial score (nSPS) is 14.5. The smallest absolute Gasteiger partial charge is 0.339 e. The van der Waals surface area contributed by atoms with Gasteiger partial charge in [-0.2, -0.15) is 0 Å². The summed E-state index contributed by atoms with van der Waals surface area (Å²) in [6.07, 6.45) is 0.784. The Labute approximate surface area is 171 Å². The first-order valence-electron chi connectivity index (χ1n) is 9.88. The topological polar surface area (TPSA) is 101 Å². The molecule has 2 amide bonds. The summed E-state index contributed by atoms with van der Waals surface area (Å²) in [7, 11) is 1.63. The Kier molecular flexibility index (Phi) is 9.01. The molecule has 1 N–H and O–H groups in total. The molecule has 1 saturated heterocycles. The van der Waals surface area contributed by atoms with Gasteiger partial charge < -0.3 is 19.7 Å². The number of methoxy groups -OCH3 is 1. The van der Waals surface area contributed by atoms with Gasteiger partial charge in [0.25, 0.3) is 5.91 Å². The van der Waals surface area contributed by atoms with E-state index in [9.17, 15) is 14.4 Å². The molecule has 29 heavy (non-hydrogen) atoms. The van der Waals surface area contributed by atoms with E-state index in [1.807, 2.05) is 4.90 Å². The van der Waals surface area contributed by atoms with Gasteiger partial charge in [-0.05, 0) is 32.4 Å². The van der Waals surface area contributed by atoms with Crippen molar-refractivity contribution in [2.45, 2.75) is 20.3 Å². The van der Waals surface area contributed by atoms with E-state index >= 15 is 0 Å². The quantitative estimate of drug-likeness (QED) is 0.470. The van der Waals surface area contributed by atoms with Gasteiger partial charge >= 0.3 is 5.97 Å². The van der Waals surface area contributed by atoms with Gasteiger partial charge in [0.15, 0.2) is 0 Å². The number of carbonyl (C=O) groups is 3. The molecule has 0 aliphatic carbocycles. The molecule has 0 saturated carbocycles. The summed E-state index contributed by atoms with van der Waals surface area (Å²) >= 11 is 0. The van der Waals surface area contributed by atoms with Crippen molar-refractivity contribution in [2.24, 2.45) is 0 Å². The average Bonchev–Trinajstić information content (AvgIpc) is 2.71. The lowest BCUT2D eigenvalue weighted by Gasteiger charge is -2.34. The molecule has 1 aromatic heterocycles. The number of hydrogen-bond donors (Lipinski definition) is 1. The maximum absolute atomic E-state index is 12.7. The first kappa shape index (κ1) is 22.8. The van der Waals surface area contributed by atoms with Crippen LogP contribution in [0.1, 0.15) is 39.9 Å². The monoisotopic (exact) mass is 406 g/mol. The third-order valence-corrected chi connectivity index (χ3v) is 4.67. The van der Waals surface area contributed by atoms with E-state index in [-0.39, 0.29) is 18.4 Å². The van der Waals surface area contributed by atoms with Crippen LogP contribution in [0.25, 0.3) is 0 Å². The summed E-state index contributed by atoms with van der Waals surface area (Å²) in [5, 5.41) is 2.87. The number of piperazine rings is 1. The Morgan fingerprint density at radius 2 is 1.90 bits per heavy atom. The number of hydrogen-bond acceptors (Lipinski definition) is 7. The lowest BCUT2D eigenvalue weighted by atomic mass is 10.1. The van der Waals surface area contributed by atoms with Gasteiger partial charge in [-0.25, -0.2) is 9.78 Å². The maximum Gasteiger partial charge on any atom is 0.339 e. The second-order valence-electron chi connectivity index (χ2n) is 6.81. The van der Waals surface area contributed by atoms with Crippen molar-refractivity contribution >= 4 is 17.8 Å². The fraction of sp³-hybridized carbons (Fsp3) is 0.600. The molecule has 0 aromatic carbocycles. The molecule has 1 aliphatic heterocycles. The minimum Gasteiger partial charge on any atom is -0.462 e. The van der Waals surface area contributed by atoms with Crippen LogP contribution in [-0.2, 0) is 14.3 Å². The number of rotatable bonds is 9. The van der Waals surface area contributed by atoms with E-state index in [4.69, 9.17) is 9.47 Å². The van der Waals surface area contributed by atoms with Crippen molar-refractivity contribution in [1.29, 1.82) is 0 Å². The lowest BCUT2D eigenvalue weighted by Crippen LogP contribution is -2.51. The molecule has 1 aliphatic rings. The van der Waals surface area contributed by atoms with Gasteiger partial charge in [0.2, 0.25) is 5.91 Å². The van der Waals surface area contributed by atoms with E-state index in [0.717, 1.165) is 6.42 Å². The van der Waals surface area contributed by atoms with Gasteiger partial charge in [0.1, 0.15) is 5.69 Å².